The van der Waals surface area contributed by atoms with Crippen molar-refractivity contribution in [2.45, 2.75) is 44.2 Å². The molecule has 0 saturated carbocycles. The van der Waals surface area contributed by atoms with Gasteiger partial charge in [-0.15, -0.1) is 0 Å². The number of aromatic nitrogens is 1. The van der Waals surface area contributed by atoms with Gasteiger partial charge in [0.25, 0.3) is 5.91 Å². The Morgan fingerprint density at radius 1 is 1.05 bits per heavy atom. The van der Waals surface area contributed by atoms with Crippen LogP contribution in [0.2, 0.25) is 0 Å². The van der Waals surface area contributed by atoms with E-state index >= 15 is 0 Å². The van der Waals surface area contributed by atoms with E-state index in [-0.39, 0.29) is 17.9 Å². The minimum absolute atomic E-state index is 0.0343. The number of hydrogen-bond acceptors (Lipinski definition) is 5. The van der Waals surface area contributed by atoms with Gasteiger partial charge >= 0.3 is 11.8 Å². The van der Waals surface area contributed by atoms with Crippen LogP contribution < -0.4 is 20.9 Å². The quantitative estimate of drug-likeness (QED) is 0.317. The van der Waals surface area contributed by atoms with Crippen LogP contribution in [0.25, 0.3) is 0 Å². The summed E-state index contributed by atoms with van der Waals surface area (Å²) in [5, 5.41) is 14.5. The van der Waals surface area contributed by atoms with E-state index in [9.17, 15) is 9.90 Å². The molecule has 2 aromatic carbocycles. The van der Waals surface area contributed by atoms with Gasteiger partial charge in [-0.25, -0.2) is 4.98 Å². The number of H-pyrrole nitrogens is 1. The van der Waals surface area contributed by atoms with Crippen molar-refractivity contribution in [1.29, 1.82) is 0 Å². The standard InChI is InChI=1S/C32H41N7O2/c1-23-6-10-25(11-7-23)32(41)16-21-39(22-17-32)28-5-4-18-34-29(28)36-31(33)35-26-12-8-24(9-13-26)30(40)38(3)27-14-19-37(2)20-15-27/h4-13,18,27,41H,14-17,19-22H2,1-3H3,(H3,33,34,35,36)/p+1. The lowest BCUT2D eigenvalue weighted by Gasteiger charge is -2.39. The first kappa shape index (κ1) is 28.6. The average Bonchev–Trinajstić information content (AvgIpc) is 2.98. The van der Waals surface area contributed by atoms with Crippen molar-refractivity contribution in [1.82, 2.24) is 9.80 Å². The molecule has 0 spiro atoms. The van der Waals surface area contributed by atoms with Crippen LogP contribution >= 0.6 is 0 Å². The molecule has 2 saturated heterocycles. The summed E-state index contributed by atoms with van der Waals surface area (Å²) < 4.78 is 0. The summed E-state index contributed by atoms with van der Waals surface area (Å²) in [7, 11) is 4.02. The summed E-state index contributed by atoms with van der Waals surface area (Å²) >= 11 is 0. The molecule has 9 nitrogen and oxygen atoms in total. The normalized spacial score (nSPS) is 18.2. The minimum atomic E-state index is -0.831. The van der Waals surface area contributed by atoms with Gasteiger partial charge in [0.05, 0.1) is 11.8 Å². The number of piperidine rings is 2. The monoisotopic (exact) mass is 556 g/mol. The van der Waals surface area contributed by atoms with Crippen LogP contribution in [0.3, 0.4) is 0 Å². The number of benzene rings is 2. The molecule has 3 aromatic rings. The van der Waals surface area contributed by atoms with Crippen molar-refractivity contribution in [2.75, 3.05) is 50.5 Å². The number of nitrogens with two attached hydrogens (primary N) is 1. The third kappa shape index (κ3) is 6.69. The first-order valence-corrected chi connectivity index (χ1v) is 14.4. The molecule has 0 aliphatic carbocycles. The maximum absolute atomic E-state index is 13.0. The molecule has 2 aliphatic rings. The van der Waals surface area contributed by atoms with Gasteiger partial charge in [-0.2, -0.15) is 0 Å². The number of pyridine rings is 1. The highest BCUT2D eigenvalue weighted by Crippen LogP contribution is 2.36. The SMILES string of the molecule is Cc1ccc(C2(O)CCN(c3ccc[nH+]c3/N=C(\N)Nc3ccc(C(=O)N(C)C4CCN(C)CC4)cc3)CC2)cc1. The van der Waals surface area contributed by atoms with E-state index < -0.39 is 5.60 Å². The number of nitrogens with one attached hydrogen (secondary N) is 2. The number of hydrogen-bond donors (Lipinski definition) is 3. The van der Waals surface area contributed by atoms with Crippen LogP contribution in [0.15, 0.2) is 71.9 Å². The smallest absolute Gasteiger partial charge is 0.348 e. The highest BCUT2D eigenvalue weighted by atomic mass is 16.3. The molecular weight excluding hydrogens is 514 g/mol. The van der Waals surface area contributed by atoms with Crippen LogP contribution in [0.5, 0.6) is 0 Å². The number of amides is 1. The van der Waals surface area contributed by atoms with Crippen molar-refractivity contribution >= 4 is 29.1 Å². The van der Waals surface area contributed by atoms with Gasteiger partial charge in [-0.05, 0) is 99.7 Å². The van der Waals surface area contributed by atoms with Gasteiger partial charge in [-0.3, -0.25) is 4.79 Å². The second kappa shape index (κ2) is 12.3. The molecule has 9 heteroatoms. The lowest BCUT2D eigenvalue weighted by molar-refractivity contribution is -0.362. The zero-order valence-corrected chi connectivity index (χ0v) is 24.3. The van der Waals surface area contributed by atoms with Crippen molar-refractivity contribution in [3.8, 4) is 0 Å². The maximum Gasteiger partial charge on any atom is 0.348 e. The highest BCUT2D eigenvalue weighted by Gasteiger charge is 2.35. The predicted octanol–water partition coefficient (Wildman–Crippen LogP) is 3.52. The zero-order valence-electron chi connectivity index (χ0n) is 24.3. The van der Waals surface area contributed by atoms with Crippen molar-refractivity contribution in [3.05, 3.63) is 83.6 Å². The fraction of sp³-hybridized carbons (Fsp3) is 0.406. The lowest BCUT2D eigenvalue weighted by atomic mass is 9.84. The van der Waals surface area contributed by atoms with E-state index in [1.54, 1.807) is 0 Å². The van der Waals surface area contributed by atoms with Gasteiger partial charge < -0.3 is 30.9 Å². The molecule has 216 valence electrons. The van der Waals surface area contributed by atoms with Gasteiger partial charge in [0.1, 0.15) is 5.69 Å². The summed E-state index contributed by atoms with van der Waals surface area (Å²) in [4.78, 5) is 27.3. The molecule has 5 N–H and O–H groups in total. The Morgan fingerprint density at radius 2 is 1.71 bits per heavy atom. The Bertz CT molecular complexity index is 1360. The summed E-state index contributed by atoms with van der Waals surface area (Å²) in [5.74, 6) is 0.918. The Labute approximate surface area is 242 Å². The van der Waals surface area contributed by atoms with Crippen LogP contribution in [0.4, 0.5) is 17.2 Å². The Hall–Kier alpha value is -3.95. The number of aryl methyl sites for hydroxylation is 1. The number of carbonyl (C=O) groups is 1. The predicted molar refractivity (Wildman–Crippen MR) is 163 cm³/mol. The maximum atomic E-state index is 13.0. The van der Waals surface area contributed by atoms with Gasteiger partial charge in [0.15, 0.2) is 0 Å². The Kier molecular flexibility index (Phi) is 8.56. The van der Waals surface area contributed by atoms with E-state index in [0.717, 1.165) is 42.9 Å². The van der Waals surface area contributed by atoms with Crippen LogP contribution in [-0.2, 0) is 5.60 Å². The van der Waals surface area contributed by atoms with Crippen molar-refractivity contribution < 1.29 is 14.9 Å². The number of aliphatic hydroxyl groups is 1. The second-order valence-electron chi connectivity index (χ2n) is 11.4. The molecule has 2 fully saturated rings. The molecule has 0 bridgehead atoms. The van der Waals surface area contributed by atoms with E-state index in [2.05, 4.69) is 51.2 Å². The molecule has 3 heterocycles. The summed E-state index contributed by atoms with van der Waals surface area (Å²) in [6.07, 6.45) is 5.06. The van der Waals surface area contributed by atoms with E-state index in [0.29, 0.717) is 37.3 Å². The van der Waals surface area contributed by atoms with Crippen molar-refractivity contribution in [2.24, 2.45) is 10.7 Å². The van der Waals surface area contributed by atoms with Crippen LogP contribution in [-0.4, -0.2) is 73.1 Å². The molecule has 41 heavy (non-hydrogen) atoms. The zero-order chi connectivity index (χ0) is 29.0. The van der Waals surface area contributed by atoms with E-state index in [1.165, 1.54) is 5.56 Å². The fourth-order valence-electron chi connectivity index (χ4n) is 5.78. The lowest BCUT2D eigenvalue weighted by Crippen LogP contribution is -2.44. The van der Waals surface area contributed by atoms with Crippen LogP contribution in [0.1, 0.15) is 47.2 Å². The molecular formula is C32H42N7O2+. The second-order valence-corrected chi connectivity index (χ2v) is 11.4. The molecule has 0 atom stereocenters. The summed E-state index contributed by atoms with van der Waals surface area (Å²) in [6, 6.07) is 19.7. The first-order valence-electron chi connectivity index (χ1n) is 14.4. The summed E-state index contributed by atoms with van der Waals surface area (Å²) in [6.45, 7) is 5.46. The van der Waals surface area contributed by atoms with Gasteiger partial charge in [0, 0.05) is 37.4 Å². The van der Waals surface area contributed by atoms with E-state index in [1.807, 2.05) is 66.7 Å². The number of anilines is 2. The number of nitrogens with zero attached hydrogens (tertiary/aromatic N) is 4. The highest BCUT2D eigenvalue weighted by molar-refractivity contribution is 5.97. The van der Waals surface area contributed by atoms with Crippen LogP contribution in [0, 0.1) is 6.92 Å². The molecule has 5 rings (SSSR count). The molecule has 0 unspecified atom stereocenters. The molecule has 0 radical (unpaired) electrons. The number of carbonyl (C=O) groups excluding carboxylic acids is 1. The van der Waals surface area contributed by atoms with Crippen molar-refractivity contribution in [3.63, 3.8) is 0 Å². The Morgan fingerprint density at radius 3 is 2.37 bits per heavy atom. The number of likely N-dealkylation sites (tertiary alicyclic amines) is 1. The number of aromatic amines is 1. The first-order chi connectivity index (χ1) is 19.7. The molecule has 1 amide bonds. The average molecular weight is 557 g/mol. The number of guanidine groups is 1. The largest absolute Gasteiger partial charge is 0.385 e. The number of aliphatic imine (C=N–C) groups is 1. The fourth-order valence-corrected chi connectivity index (χ4v) is 5.78. The molecule has 2 aliphatic heterocycles. The topological polar surface area (TPSA) is 112 Å². The number of rotatable bonds is 6. The Balaban J connectivity index is 1.21. The molecule has 1 aromatic heterocycles. The third-order valence-corrected chi connectivity index (χ3v) is 8.53. The van der Waals surface area contributed by atoms with Gasteiger partial charge in [0.2, 0.25) is 0 Å². The third-order valence-electron chi connectivity index (χ3n) is 8.53. The van der Waals surface area contributed by atoms with E-state index in [4.69, 9.17) is 5.73 Å². The van der Waals surface area contributed by atoms with Gasteiger partial charge in [-0.1, -0.05) is 29.8 Å². The minimum Gasteiger partial charge on any atom is -0.385 e. The summed E-state index contributed by atoms with van der Waals surface area (Å²) in [5.41, 5.74) is 9.96.